The van der Waals surface area contributed by atoms with E-state index in [0.29, 0.717) is 11.5 Å². The summed E-state index contributed by atoms with van der Waals surface area (Å²) in [6, 6.07) is 27.8. The van der Waals surface area contributed by atoms with Crippen molar-refractivity contribution in [3.8, 4) is 11.3 Å². The number of amides is 2. The molecule has 0 N–H and O–H groups in total. The highest BCUT2D eigenvalue weighted by atomic mass is 79.9. The first kappa shape index (κ1) is 20.6. The number of imide groups is 1. The maximum atomic E-state index is 13.6. The Hall–Kier alpha value is -3.77. The van der Waals surface area contributed by atoms with E-state index in [4.69, 9.17) is 4.42 Å². The minimum absolute atomic E-state index is 0.137. The zero-order chi connectivity index (χ0) is 23.7. The third kappa shape index (κ3) is 2.96. The maximum absolute atomic E-state index is 13.6. The van der Waals surface area contributed by atoms with Gasteiger partial charge < -0.3 is 4.42 Å². The Balaban J connectivity index is 1.23. The van der Waals surface area contributed by atoms with E-state index in [-0.39, 0.29) is 23.7 Å². The van der Waals surface area contributed by atoms with Gasteiger partial charge in [0.05, 0.1) is 18.1 Å². The van der Waals surface area contributed by atoms with Gasteiger partial charge in [0, 0.05) is 21.9 Å². The average molecular weight is 523 g/mol. The second kappa shape index (κ2) is 7.62. The lowest BCUT2D eigenvalue weighted by atomic mass is 9.55. The highest BCUT2D eigenvalue weighted by Gasteiger charge is 2.61. The lowest BCUT2D eigenvalue weighted by Gasteiger charge is -2.45. The lowest BCUT2D eigenvalue weighted by Crippen LogP contribution is -2.41. The molecule has 4 aliphatic rings. The molecule has 1 fully saturated rings. The Labute approximate surface area is 210 Å². The molecule has 1 aliphatic heterocycles. The second-order valence-electron chi connectivity index (χ2n) is 9.21. The van der Waals surface area contributed by atoms with Crippen LogP contribution in [0.4, 0.5) is 0 Å². The minimum atomic E-state index is -0.440. The van der Waals surface area contributed by atoms with Crippen LogP contribution in [-0.2, 0) is 9.59 Å². The summed E-state index contributed by atoms with van der Waals surface area (Å²) < 4.78 is 6.89. The molecule has 2 heterocycles. The summed E-state index contributed by atoms with van der Waals surface area (Å²) >= 11 is 3.43. The molecule has 4 aromatic rings. The third-order valence-corrected chi connectivity index (χ3v) is 8.01. The molecular formula is C29H19BrN2O3. The summed E-state index contributed by atoms with van der Waals surface area (Å²) in [5.74, 6) is -0.467. The largest absolute Gasteiger partial charge is 0.455 e. The lowest BCUT2D eigenvalue weighted by molar-refractivity contribution is -0.139. The smallest absolute Gasteiger partial charge is 0.254 e. The Kier molecular flexibility index (Phi) is 4.48. The monoisotopic (exact) mass is 522 g/mol. The number of rotatable bonds is 3. The Bertz CT molecular complexity index is 1420. The normalized spacial score (nSPS) is 24.1. The van der Waals surface area contributed by atoms with Gasteiger partial charge in [-0.15, -0.1) is 0 Å². The standard InChI is InChI=1S/C29H19BrN2O3/c30-17-11-9-16(10-12-17)23-14-13-18(35-23)15-31-32-28(33)26-24-19-5-1-2-6-20(19)25(27(26)29(32)34)22-8-4-3-7-21(22)24/h1-15,24-27H/b31-15-/t24?,25?,26-,27-/m1/s1. The first-order valence-corrected chi connectivity index (χ1v) is 12.4. The van der Waals surface area contributed by atoms with Crippen molar-refractivity contribution in [2.24, 2.45) is 16.9 Å². The van der Waals surface area contributed by atoms with Crippen LogP contribution in [-0.4, -0.2) is 23.0 Å². The summed E-state index contributed by atoms with van der Waals surface area (Å²) in [6.45, 7) is 0. The van der Waals surface area contributed by atoms with Crippen LogP contribution in [0.3, 0.4) is 0 Å². The van der Waals surface area contributed by atoms with Crippen molar-refractivity contribution in [3.63, 3.8) is 0 Å². The highest BCUT2D eigenvalue weighted by Crippen LogP contribution is 2.60. The van der Waals surface area contributed by atoms with Crippen LogP contribution in [0.1, 0.15) is 39.8 Å². The summed E-state index contributed by atoms with van der Waals surface area (Å²) in [4.78, 5) is 27.2. The molecule has 2 amide bonds. The molecule has 170 valence electrons. The number of halogens is 1. The fraction of sp³-hybridized carbons (Fsp3) is 0.138. The molecule has 1 aromatic heterocycles. The maximum Gasteiger partial charge on any atom is 0.254 e. The van der Waals surface area contributed by atoms with Crippen LogP contribution in [0.2, 0.25) is 0 Å². The van der Waals surface area contributed by atoms with E-state index in [9.17, 15) is 9.59 Å². The summed E-state index contributed by atoms with van der Waals surface area (Å²) in [6.07, 6.45) is 1.46. The fourth-order valence-corrected chi connectivity index (χ4v) is 6.35. The SMILES string of the molecule is O=C1[C@@H]2C3c4ccccc4C(c4ccccc43)[C@H]2C(=O)N1/N=C\c1ccc(-c2ccc(Br)cc2)o1. The summed E-state index contributed by atoms with van der Waals surface area (Å²) in [5, 5.41) is 5.40. The number of furan rings is 1. The van der Waals surface area contributed by atoms with Crippen LogP contribution in [0.5, 0.6) is 0 Å². The predicted octanol–water partition coefficient (Wildman–Crippen LogP) is 5.94. The van der Waals surface area contributed by atoms with E-state index >= 15 is 0 Å². The van der Waals surface area contributed by atoms with Gasteiger partial charge in [-0.05, 0) is 46.5 Å². The van der Waals surface area contributed by atoms with Crippen LogP contribution >= 0.6 is 15.9 Å². The Morgan fingerprint density at radius 2 is 1.23 bits per heavy atom. The van der Waals surface area contributed by atoms with E-state index in [0.717, 1.165) is 37.3 Å². The van der Waals surface area contributed by atoms with Crippen molar-refractivity contribution in [2.45, 2.75) is 11.8 Å². The van der Waals surface area contributed by atoms with Crippen molar-refractivity contribution >= 4 is 34.0 Å². The number of hydrogen-bond donors (Lipinski definition) is 0. The molecule has 3 aromatic carbocycles. The highest BCUT2D eigenvalue weighted by molar-refractivity contribution is 9.10. The van der Waals surface area contributed by atoms with Gasteiger partial charge >= 0.3 is 0 Å². The Morgan fingerprint density at radius 1 is 0.714 bits per heavy atom. The van der Waals surface area contributed by atoms with Crippen molar-refractivity contribution in [1.82, 2.24) is 5.01 Å². The molecule has 8 rings (SSSR count). The quantitative estimate of drug-likeness (QED) is 0.247. The van der Waals surface area contributed by atoms with Gasteiger partial charge in [-0.25, -0.2) is 0 Å². The molecule has 0 unspecified atom stereocenters. The molecule has 3 aliphatic carbocycles. The molecule has 0 radical (unpaired) electrons. The van der Waals surface area contributed by atoms with Gasteiger partial charge in [0.15, 0.2) is 0 Å². The van der Waals surface area contributed by atoms with E-state index in [1.807, 2.05) is 54.6 Å². The molecule has 35 heavy (non-hydrogen) atoms. The summed E-state index contributed by atoms with van der Waals surface area (Å²) in [5.41, 5.74) is 5.52. The van der Waals surface area contributed by atoms with E-state index in [1.54, 1.807) is 6.07 Å². The number of carbonyl (C=O) groups is 2. The Morgan fingerprint density at radius 3 is 1.74 bits per heavy atom. The molecular weight excluding hydrogens is 504 g/mol. The van der Waals surface area contributed by atoms with Crippen molar-refractivity contribution in [2.75, 3.05) is 0 Å². The number of carbonyl (C=O) groups excluding carboxylic acids is 2. The molecule has 1 saturated heterocycles. The van der Waals surface area contributed by atoms with Gasteiger partial charge in [-0.1, -0.05) is 76.6 Å². The predicted molar refractivity (Wildman–Crippen MR) is 135 cm³/mol. The average Bonchev–Trinajstić information content (AvgIpc) is 3.46. The van der Waals surface area contributed by atoms with E-state index < -0.39 is 11.8 Å². The summed E-state index contributed by atoms with van der Waals surface area (Å²) in [7, 11) is 0. The molecule has 0 spiro atoms. The van der Waals surface area contributed by atoms with Crippen LogP contribution in [0, 0.1) is 11.8 Å². The van der Waals surface area contributed by atoms with E-state index in [2.05, 4.69) is 45.3 Å². The number of benzene rings is 3. The van der Waals surface area contributed by atoms with Crippen LogP contribution in [0.25, 0.3) is 11.3 Å². The van der Waals surface area contributed by atoms with Crippen molar-refractivity contribution < 1.29 is 14.0 Å². The van der Waals surface area contributed by atoms with Gasteiger partial charge in [0.25, 0.3) is 11.8 Å². The number of hydrogen-bond acceptors (Lipinski definition) is 4. The van der Waals surface area contributed by atoms with Crippen molar-refractivity contribution in [1.29, 1.82) is 0 Å². The zero-order valence-corrected chi connectivity index (χ0v) is 20.1. The zero-order valence-electron chi connectivity index (χ0n) is 18.5. The van der Waals surface area contributed by atoms with Crippen molar-refractivity contribution in [3.05, 3.63) is 117 Å². The first-order valence-electron chi connectivity index (χ1n) is 11.6. The molecule has 6 heteroatoms. The topological polar surface area (TPSA) is 62.9 Å². The van der Waals surface area contributed by atoms with Gasteiger partial charge in [0.1, 0.15) is 11.5 Å². The number of hydrazone groups is 1. The van der Waals surface area contributed by atoms with Gasteiger partial charge in [0.2, 0.25) is 0 Å². The minimum Gasteiger partial charge on any atom is -0.455 e. The molecule has 2 atom stereocenters. The van der Waals surface area contributed by atoms with Crippen LogP contribution < -0.4 is 0 Å². The molecule has 5 nitrogen and oxygen atoms in total. The first-order chi connectivity index (χ1) is 17.1. The van der Waals surface area contributed by atoms with Gasteiger partial charge in [-0.3, -0.25) is 9.59 Å². The third-order valence-electron chi connectivity index (χ3n) is 7.48. The van der Waals surface area contributed by atoms with Gasteiger partial charge in [-0.2, -0.15) is 10.1 Å². The van der Waals surface area contributed by atoms with Crippen LogP contribution in [0.15, 0.2) is 98.9 Å². The molecule has 0 saturated carbocycles. The molecule has 2 bridgehead atoms. The number of nitrogens with zero attached hydrogens (tertiary/aromatic N) is 2. The fourth-order valence-electron chi connectivity index (χ4n) is 6.08. The van der Waals surface area contributed by atoms with E-state index in [1.165, 1.54) is 6.21 Å². The second-order valence-corrected chi connectivity index (χ2v) is 10.1.